The van der Waals surface area contributed by atoms with Crippen molar-refractivity contribution < 1.29 is 14.3 Å². The van der Waals surface area contributed by atoms with Gasteiger partial charge in [-0.1, -0.05) is 30.3 Å². The van der Waals surface area contributed by atoms with Crippen LogP contribution < -0.4 is 15.2 Å². The first-order valence-corrected chi connectivity index (χ1v) is 5.41. The second-order valence-corrected chi connectivity index (χ2v) is 3.65. The molecule has 0 saturated heterocycles. The van der Waals surface area contributed by atoms with E-state index in [0.29, 0.717) is 11.5 Å². The summed E-state index contributed by atoms with van der Waals surface area (Å²) in [4.78, 5) is 10.9. The van der Waals surface area contributed by atoms with Gasteiger partial charge in [0.15, 0.2) is 0 Å². The fourth-order valence-electron chi connectivity index (χ4n) is 1.68. The second-order valence-electron chi connectivity index (χ2n) is 3.65. The van der Waals surface area contributed by atoms with Crippen molar-refractivity contribution in [3.8, 4) is 22.6 Å². The number of hydrogen-bond donors (Lipinski definition) is 1. The van der Waals surface area contributed by atoms with Gasteiger partial charge in [0.25, 0.3) is 0 Å². The molecule has 0 bridgehead atoms. The number of hydrogen-bond acceptors (Lipinski definition) is 3. The summed E-state index contributed by atoms with van der Waals surface area (Å²) in [5.74, 6) is 1.10. The molecule has 2 rings (SSSR count). The molecule has 0 aliphatic heterocycles. The van der Waals surface area contributed by atoms with Crippen LogP contribution >= 0.6 is 0 Å². The van der Waals surface area contributed by atoms with Crippen LogP contribution in [0.25, 0.3) is 11.1 Å². The predicted octanol–water partition coefficient (Wildman–Crippen LogP) is 2.82. The first-order valence-electron chi connectivity index (χ1n) is 5.41. The average Bonchev–Trinajstić information content (AvgIpc) is 2.39. The van der Waals surface area contributed by atoms with E-state index >= 15 is 0 Å². The van der Waals surface area contributed by atoms with Crippen LogP contribution in [-0.2, 0) is 0 Å². The Bertz CT molecular complexity index is 552. The van der Waals surface area contributed by atoms with E-state index in [1.54, 1.807) is 25.3 Å². The number of rotatable bonds is 3. The number of methoxy groups -OCH3 is 1. The number of nitrogens with two attached hydrogens (primary N) is 1. The van der Waals surface area contributed by atoms with Gasteiger partial charge in [-0.15, -0.1) is 0 Å². The molecule has 0 aliphatic rings. The van der Waals surface area contributed by atoms with Gasteiger partial charge in [0.05, 0.1) is 7.11 Å². The minimum atomic E-state index is -0.836. The highest BCUT2D eigenvalue weighted by molar-refractivity contribution is 5.77. The Kier molecular flexibility index (Phi) is 3.48. The van der Waals surface area contributed by atoms with E-state index in [1.165, 1.54) is 0 Å². The monoisotopic (exact) mass is 243 g/mol. The predicted molar refractivity (Wildman–Crippen MR) is 68.6 cm³/mol. The smallest absolute Gasteiger partial charge is 0.409 e. The molecule has 2 aromatic rings. The van der Waals surface area contributed by atoms with Crippen molar-refractivity contribution in [2.24, 2.45) is 5.73 Å². The van der Waals surface area contributed by atoms with Crippen LogP contribution in [0.4, 0.5) is 4.79 Å². The maximum atomic E-state index is 10.9. The average molecular weight is 243 g/mol. The van der Waals surface area contributed by atoms with Crippen LogP contribution in [0, 0.1) is 0 Å². The molecular weight excluding hydrogens is 230 g/mol. The number of primary amides is 1. The Hall–Kier alpha value is -2.49. The summed E-state index contributed by atoms with van der Waals surface area (Å²) in [6, 6.07) is 14.7. The van der Waals surface area contributed by atoms with Crippen LogP contribution in [0.3, 0.4) is 0 Å². The molecule has 0 fully saturated rings. The maximum Gasteiger partial charge on any atom is 0.409 e. The lowest BCUT2D eigenvalue weighted by Gasteiger charge is -2.10. The zero-order valence-corrected chi connectivity index (χ0v) is 9.92. The van der Waals surface area contributed by atoms with Crippen molar-refractivity contribution in [3.05, 3.63) is 48.5 Å². The van der Waals surface area contributed by atoms with Crippen molar-refractivity contribution in [2.75, 3.05) is 7.11 Å². The fourth-order valence-corrected chi connectivity index (χ4v) is 1.68. The molecule has 92 valence electrons. The summed E-state index contributed by atoms with van der Waals surface area (Å²) in [5.41, 5.74) is 6.73. The summed E-state index contributed by atoms with van der Waals surface area (Å²) >= 11 is 0. The number of ether oxygens (including phenoxy) is 2. The molecule has 4 heteroatoms. The Morgan fingerprint density at radius 1 is 1.11 bits per heavy atom. The summed E-state index contributed by atoms with van der Waals surface area (Å²) < 4.78 is 10.1. The first kappa shape index (κ1) is 12.0. The molecule has 0 radical (unpaired) electrons. The Labute approximate surface area is 105 Å². The number of carbonyl (C=O) groups is 1. The lowest BCUT2D eigenvalue weighted by atomic mass is 10.0. The third-order valence-corrected chi connectivity index (χ3v) is 2.48. The highest BCUT2D eigenvalue weighted by Crippen LogP contribution is 2.33. The van der Waals surface area contributed by atoms with Gasteiger partial charge in [-0.25, -0.2) is 4.79 Å². The molecular formula is C14H13NO3. The van der Waals surface area contributed by atoms with Gasteiger partial charge in [-0.2, -0.15) is 0 Å². The minimum absolute atomic E-state index is 0.412. The Morgan fingerprint density at radius 3 is 2.44 bits per heavy atom. The molecule has 0 spiro atoms. The van der Waals surface area contributed by atoms with E-state index in [4.69, 9.17) is 15.2 Å². The first-order chi connectivity index (χ1) is 8.70. The molecule has 1 amide bonds. The molecule has 0 unspecified atom stereocenters. The van der Waals surface area contributed by atoms with Gasteiger partial charge >= 0.3 is 6.09 Å². The van der Waals surface area contributed by atoms with E-state index in [0.717, 1.165) is 11.1 Å². The third kappa shape index (κ3) is 2.60. The van der Waals surface area contributed by atoms with E-state index < -0.39 is 6.09 Å². The quantitative estimate of drug-likeness (QED) is 0.901. The summed E-state index contributed by atoms with van der Waals surface area (Å²) in [5, 5.41) is 0. The van der Waals surface area contributed by atoms with Crippen LogP contribution in [-0.4, -0.2) is 13.2 Å². The molecule has 0 saturated carbocycles. The molecule has 0 atom stereocenters. The van der Waals surface area contributed by atoms with Gasteiger partial charge in [-0.3, -0.25) is 0 Å². The highest BCUT2D eigenvalue weighted by Gasteiger charge is 2.10. The normalized spacial score (nSPS) is 9.83. The SMILES string of the molecule is COc1ccc(OC(N)=O)c(-c2ccccc2)c1. The molecule has 18 heavy (non-hydrogen) atoms. The summed E-state index contributed by atoms with van der Waals surface area (Å²) in [7, 11) is 1.58. The summed E-state index contributed by atoms with van der Waals surface area (Å²) in [6.45, 7) is 0. The van der Waals surface area contributed by atoms with Gasteiger partial charge in [-0.05, 0) is 23.8 Å². The molecule has 2 N–H and O–H groups in total. The van der Waals surface area contributed by atoms with Gasteiger partial charge in [0, 0.05) is 5.56 Å². The lowest BCUT2D eigenvalue weighted by molar-refractivity contribution is 0.211. The van der Waals surface area contributed by atoms with Crippen molar-refractivity contribution in [2.45, 2.75) is 0 Å². The van der Waals surface area contributed by atoms with E-state index in [1.807, 2.05) is 30.3 Å². The fraction of sp³-hybridized carbons (Fsp3) is 0.0714. The molecule has 4 nitrogen and oxygen atoms in total. The highest BCUT2D eigenvalue weighted by atomic mass is 16.5. The second kappa shape index (κ2) is 5.23. The summed E-state index contributed by atoms with van der Waals surface area (Å²) in [6.07, 6.45) is -0.836. The molecule has 2 aromatic carbocycles. The molecule has 0 aliphatic carbocycles. The number of benzene rings is 2. The maximum absolute atomic E-state index is 10.9. The van der Waals surface area contributed by atoms with Crippen molar-refractivity contribution >= 4 is 6.09 Å². The molecule has 0 heterocycles. The topological polar surface area (TPSA) is 61.6 Å². The van der Waals surface area contributed by atoms with Crippen molar-refractivity contribution in [1.82, 2.24) is 0 Å². The van der Waals surface area contributed by atoms with Crippen LogP contribution in [0.2, 0.25) is 0 Å². The van der Waals surface area contributed by atoms with Gasteiger partial charge < -0.3 is 15.2 Å². The lowest BCUT2D eigenvalue weighted by Crippen LogP contribution is -2.16. The van der Waals surface area contributed by atoms with Gasteiger partial charge in [0.1, 0.15) is 11.5 Å². The number of amides is 1. The van der Waals surface area contributed by atoms with E-state index in [2.05, 4.69) is 0 Å². The molecule has 0 aromatic heterocycles. The van der Waals surface area contributed by atoms with E-state index in [-0.39, 0.29) is 0 Å². The largest absolute Gasteiger partial charge is 0.497 e. The minimum Gasteiger partial charge on any atom is -0.497 e. The van der Waals surface area contributed by atoms with Crippen LogP contribution in [0.5, 0.6) is 11.5 Å². The standard InChI is InChI=1S/C14H13NO3/c1-17-11-7-8-13(18-14(15)16)12(9-11)10-5-3-2-4-6-10/h2-9H,1H3,(H2,15,16). The zero-order chi connectivity index (χ0) is 13.0. The Balaban J connectivity index is 2.51. The number of carbonyl (C=O) groups excluding carboxylic acids is 1. The van der Waals surface area contributed by atoms with Crippen molar-refractivity contribution in [1.29, 1.82) is 0 Å². The zero-order valence-electron chi connectivity index (χ0n) is 9.92. The Morgan fingerprint density at radius 2 is 1.83 bits per heavy atom. The van der Waals surface area contributed by atoms with E-state index in [9.17, 15) is 4.79 Å². The van der Waals surface area contributed by atoms with Crippen LogP contribution in [0.1, 0.15) is 0 Å². The van der Waals surface area contributed by atoms with Crippen LogP contribution in [0.15, 0.2) is 48.5 Å². The van der Waals surface area contributed by atoms with Gasteiger partial charge in [0.2, 0.25) is 0 Å². The van der Waals surface area contributed by atoms with Crippen molar-refractivity contribution in [3.63, 3.8) is 0 Å². The third-order valence-electron chi connectivity index (χ3n) is 2.48.